The molecule has 22 heavy (non-hydrogen) atoms. The van der Waals surface area contributed by atoms with Gasteiger partial charge in [-0.1, -0.05) is 12.1 Å². The molecule has 0 saturated carbocycles. The van der Waals surface area contributed by atoms with Crippen LogP contribution in [0, 0.1) is 17.0 Å². The number of phenols is 1. The van der Waals surface area contributed by atoms with Gasteiger partial charge in [0.05, 0.1) is 10.6 Å². The fraction of sp³-hybridized carbons (Fsp3) is 0.143. The van der Waals surface area contributed by atoms with Crippen LogP contribution >= 0.6 is 12.4 Å². The van der Waals surface area contributed by atoms with E-state index >= 15 is 0 Å². The van der Waals surface area contributed by atoms with Crippen molar-refractivity contribution in [2.75, 3.05) is 0 Å². The van der Waals surface area contributed by atoms with Gasteiger partial charge in [0, 0.05) is 18.2 Å². The van der Waals surface area contributed by atoms with E-state index in [2.05, 4.69) is 10.2 Å². The molecule has 0 heterocycles. The van der Waals surface area contributed by atoms with E-state index in [1.807, 2.05) is 0 Å². The van der Waals surface area contributed by atoms with Gasteiger partial charge in [0.15, 0.2) is 0 Å². The lowest BCUT2D eigenvalue weighted by Gasteiger charge is -2.02. The van der Waals surface area contributed by atoms with Crippen LogP contribution < -0.4 is 5.73 Å². The number of phenolic OH excluding ortho intramolecular Hbond substituents is 1. The maximum absolute atomic E-state index is 11.0. The van der Waals surface area contributed by atoms with E-state index in [9.17, 15) is 15.2 Å². The van der Waals surface area contributed by atoms with E-state index in [0.29, 0.717) is 16.9 Å². The number of benzene rings is 2. The third-order valence-corrected chi connectivity index (χ3v) is 2.97. The molecule has 0 aliphatic heterocycles. The molecule has 0 bridgehead atoms. The van der Waals surface area contributed by atoms with Crippen LogP contribution in [0.1, 0.15) is 11.1 Å². The number of hydrogen-bond acceptors (Lipinski definition) is 6. The highest BCUT2D eigenvalue weighted by atomic mass is 35.5. The van der Waals surface area contributed by atoms with Gasteiger partial charge < -0.3 is 10.8 Å². The monoisotopic (exact) mass is 322 g/mol. The fourth-order valence-corrected chi connectivity index (χ4v) is 1.84. The second kappa shape index (κ2) is 7.48. The zero-order chi connectivity index (χ0) is 15.4. The summed E-state index contributed by atoms with van der Waals surface area (Å²) in [6, 6.07) is 9.43. The van der Waals surface area contributed by atoms with Gasteiger partial charge in [-0.15, -0.1) is 17.5 Å². The van der Waals surface area contributed by atoms with Crippen LogP contribution in [0.25, 0.3) is 0 Å². The number of nitrogens with zero attached hydrogens (tertiary/aromatic N) is 3. The number of aryl methyl sites for hydroxylation is 1. The second-order valence-corrected chi connectivity index (χ2v) is 4.42. The standard InChI is InChI=1S/C14H14N4O3.ClH/c1-9-3-2-4-13(19)14(9)17-16-11-6-5-10(8-15)12(7-11)18(20)21;/h2-7,19H,8,15H2,1H3;1H. The molecule has 0 amide bonds. The zero-order valence-electron chi connectivity index (χ0n) is 11.8. The van der Waals surface area contributed by atoms with E-state index in [-0.39, 0.29) is 30.4 Å². The van der Waals surface area contributed by atoms with Gasteiger partial charge in [-0.2, -0.15) is 5.11 Å². The normalized spacial score (nSPS) is 10.5. The molecule has 2 aromatic carbocycles. The number of aromatic hydroxyl groups is 1. The first-order chi connectivity index (χ1) is 10.0. The molecule has 0 unspecified atom stereocenters. The predicted molar refractivity (Wildman–Crippen MR) is 85.3 cm³/mol. The minimum atomic E-state index is -0.507. The maximum Gasteiger partial charge on any atom is 0.276 e. The molecule has 0 fully saturated rings. The van der Waals surface area contributed by atoms with Crippen molar-refractivity contribution in [1.82, 2.24) is 0 Å². The molecule has 3 N–H and O–H groups in total. The Kier molecular flexibility index (Phi) is 5.97. The highest BCUT2D eigenvalue weighted by Crippen LogP contribution is 2.32. The number of hydrogen-bond donors (Lipinski definition) is 2. The number of azo groups is 1. The summed E-state index contributed by atoms with van der Waals surface area (Å²) in [5.74, 6) is 0.00632. The minimum Gasteiger partial charge on any atom is -0.506 e. The summed E-state index contributed by atoms with van der Waals surface area (Å²) in [6.07, 6.45) is 0. The Balaban J connectivity index is 0.00000242. The number of halogens is 1. The van der Waals surface area contributed by atoms with Crippen molar-refractivity contribution in [3.05, 3.63) is 57.6 Å². The van der Waals surface area contributed by atoms with Crippen LogP contribution in [0.5, 0.6) is 5.75 Å². The Labute approximate surface area is 133 Å². The number of nitrogens with two attached hydrogens (primary N) is 1. The molecular weight excluding hydrogens is 308 g/mol. The smallest absolute Gasteiger partial charge is 0.276 e. The molecule has 2 aromatic rings. The van der Waals surface area contributed by atoms with Crippen molar-refractivity contribution in [3.63, 3.8) is 0 Å². The summed E-state index contributed by atoms with van der Waals surface area (Å²) in [7, 11) is 0. The van der Waals surface area contributed by atoms with E-state index in [1.165, 1.54) is 12.1 Å². The molecule has 0 spiro atoms. The molecule has 8 heteroatoms. The first kappa shape index (κ1) is 17.5. The van der Waals surface area contributed by atoms with E-state index in [1.54, 1.807) is 31.2 Å². The largest absolute Gasteiger partial charge is 0.506 e. The van der Waals surface area contributed by atoms with Gasteiger partial charge in [0.2, 0.25) is 0 Å². The van der Waals surface area contributed by atoms with Crippen molar-refractivity contribution in [1.29, 1.82) is 0 Å². The Bertz CT molecular complexity index is 699. The minimum absolute atomic E-state index is 0. The molecule has 0 aliphatic rings. The summed E-state index contributed by atoms with van der Waals surface area (Å²) in [5.41, 5.74) is 7.20. The summed E-state index contributed by atoms with van der Waals surface area (Å²) in [5, 5.41) is 28.6. The van der Waals surface area contributed by atoms with Crippen LogP contribution in [-0.4, -0.2) is 10.0 Å². The van der Waals surface area contributed by atoms with Crippen LogP contribution in [0.2, 0.25) is 0 Å². The van der Waals surface area contributed by atoms with Crippen molar-refractivity contribution in [3.8, 4) is 5.75 Å². The summed E-state index contributed by atoms with van der Waals surface area (Å²) in [4.78, 5) is 10.4. The van der Waals surface area contributed by atoms with Gasteiger partial charge in [-0.25, -0.2) is 0 Å². The molecular formula is C14H15ClN4O3. The Hall–Kier alpha value is -2.51. The van der Waals surface area contributed by atoms with Crippen molar-refractivity contribution in [2.24, 2.45) is 16.0 Å². The average molecular weight is 323 g/mol. The van der Waals surface area contributed by atoms with Crippen molar-refractivity contribution >= 4 is 29.5 Å². The van der Waals surface area contributed by atoms with Crippen molar-refractivity contribution < 1.29 is 10.0 Å². The molecule has 0 aromatic heterocycles. The van der Waals surface area contributed by atoms with Crippen molar-refractivity contribution in [2.45, 2.75) is 13.5 Å². The van der Waals surface area contributed by atoms with Crippen LogP contribution in [-0.2, 0) is 6.54 Å². The molecule has 2 rings (SSSR count). The lowest BCUT2D eigenvalue weighted by Crippen LogP contribution is -2.01. The SMILES string of the molecule is Cc1cccc(O)c1N=Nc1ccc(CN)c([N+](=O)[O-])c1.Cl. The van der Waals surface area contributed by atoms with E-state index in [4.69, 9.17) is 5.73 Å². The summed E-state index contributed by atoms with van der Waals surface area (Å²) >= 11 is 0. The van der Waals surface area contributed by atoms with Crippen LogP contribution in [0.3, 0.4) is 0 Å². The number of rotatable bonds is 4. The average Bonchev–Trinajstić information content (AvgIpc) is 2.46. The third-order valence-electron chi connectivity index (χ3n) is 2.97. The van der Waals surface area contributed by atoms with Gasteiger partial charge in [0.25, 0.3) is 5.69 Å². The Morgan fingerprint density at radius 2 is 2.00 bits per heavy atom. The van der Waals surface area contributed by atoms with Gasteiger partial charge in [-0.3, -0.25) is 10.1 Å². The fourth-order valence-electron chi connectivity index (χ4n) is 1.84. The van der Waals surface area contributed by atoms with Gasteiger partial charge in [0.1, 0.15) is 11.4 Å². The lowest BCUT2D eigenvalue weighted by atomic mass is 10.1. The topological polar surface area (TPSA) is 114 Å². The van der Waals surface area contributed by atoms with Gasteiger partial charge in [-0.05, 0) is 30.7 Å². The first-order valence-electron chi connectivity index (χ1n) is 6.20. The molecule has 7 nitrogen and oxygen atoms in total. The Morgan fingerprint density at radius 3 is 2.59 bits per heavy atom. The van der Waals surface area contributed by atoms with Crippen LogP contribution in [0.15, 0.2) is 46.6 Å². The number of nitro benzene ring substituents is 1. The summed E-state index contributed by atoms with van der Waals surface area (Å²) in [6.45, 7) is 1.86. The van der Waals surface area contributed by atoms with Crippen LogP contribution in [0.4, 0.5) is 17.1 Å². The maximum atomic E-state index is 11.0. The molecule has 116 valence electrons. The Morgan fingerprint density at radius 1 is 1.27 bits per heavy atom. The molecule has 0 saturated heterocycles. The second-order valence-electron chi connectivity index (χ2n) is 4.42. The van der Waals surface area contributed by atoms with E-state index in [0.717, 1.165) is 5.56 Å². The highest BCUT2D eigenvalue weighted by molar-refractivity contribution is 5.85. The van der Waals surface area contributed by atoms with E-state index < -0.39 is 4.92 Å². The van der Waals surface area contributed by atoms with Gasteiger partial charge >= 0.3 is 0 Å². The predicted octanol–water partition coefficient (Wildman–Crippen LogP) is 3.90. The lowest BCUT2D eigenvalue weighted by molar-refractivity contribution is -0.385. The third kappa shape index (κ3) is 3.78. The quantitative estimate of drug-likeness (QED) is 0.504. The first-order valence-corrected chi connectivity index (χ1v) is 6.20. The molecule has 0 aliphatic carbocycles. The highest BCUT2D eigenvalue weighted by Gasteiger charge is 2.13. The number of nitro groups is 1. The molecule has 0 radical (unpaired) electrons. The zero-order valence-corrected chi connectivity index (χ0v) is 12.6. The molecule has 0 atom stereocenters. The summed E-state index contributed by atoms with van der Waals surface area (Å²) < 4.78 is 0.